The molecule has 0 spiro atoms. The van der Waals surface area contributed by atoms with Crippen molar-refractivity contribution in [3.05, 3.63) is 18.0 Å². The molecule has 0 bridgehead atoms. The summed E-state index contributed by atoms with van der Waals surface area (Å²) in [6.45, 7) is 3.54. The molecule has 1 aromatic heterocycles. The highest BCUT2D eigenvalue weighted by molar-refractivity contribution is 5.77. The Hall–Kier alpha value is -1.52. The molecule has 16 heavy (non-hydrogen) atoms. The quantitative estimate of drug-likeness (QED) is 0.419. The van der Waals surface area contributed by atoms with Crippen molar-refractivity contribution in [2.45, 2.75) is 39.2 Å². The summed E-state index contributed by atoms with van der Waals surface area (Å²) in [5.41, 5.74) is 6.47. The van der Waals surface area contributed by atoms with Crippen LogP contribution in [0, 0.1) is 0 Å². The molecule has 0 amide bonds. The zero-order valence-corrected chi connectivity index (χ0v) is 9.78. The Morgan fingerprint density at radius 1 is 1.50 bits per heavy atom. The summed E-state index contributed by atoms with van der Waals surface area (Å²) < 4.78 is 4.69. The summed E-state index contributed by atoms with van der Waals surface area (Å²) in [5.74, 6) is 0.472. The van der Waals surface area contributed by atoms with E-state index in [9.17, 15) is 0 Å². The van der Waals surface area contributed by atoms with Gasteiger partial charge in [-0.25, -0.2) is 4.99 Å². The summed E-state index contributed by atoms with van der Waals surface area (Å²) >= 11 is 0. The number of hydrogen-bond donors (Lipinski definition) is 2. The summed E-state index contributed by atoms with van der Waals surface area (Å²) in [4.78, 5) is 4.15. The first-order chi connectivity index (χ1) is 7.83. The number of unbranched alkanes of at least 4 members (excludes halogenated alkanes) is 3. The number of nitrogens with one attached hydrogen (secondary N) is 1. The summed E-state index contributed by atoms with van der Waals surface area (Å²) in [5, 5.41) is 6.82. The van der Waals surface area contributed by atoms with Gasteiger partial charge in [-0.05, 0) is 6.42 Å². The van der Waals surface area contributed by atoms with Gasteiger partial charge < -0.3 is 15.6 Å². The lowest BCUT2D eigenvalue weighted by molar-refractivity contribution is 0.412. The van der Waals surface area contributed by atoms with E-state index in [1.165, 1.54) is 25.5 Å². The Bertz CT molecular complexity index is 295. The van der Waals surface area contributed by atoms with Gasteiger partial charge in [0.2, 0.25) is 0 Å². The van der Waals surface area contributed by atoms with E-state index in [2.05, 4.69) is 22.4 Å². The van der Waals surface area contributed by atoms with Gasteiger partial charge in [0.15, 0.2) is 5.96 Å². The van der Waals surface area contributed by atoms with Crippen molar-refractivity contribution in [3.8, 4) is 0 Å². The van der Waals surface area contributed by atoms with Crippen molar-refractivity contribution in [2.24, 2.45) is 10.7 Å². The lowest BCUT2D eigenvalue weighted by Gasteiger charge is -2.04. The van der Waals surface area contributed by atoms with Crippen molar-refractivity contribution in [1.29, 1.82) is 0 Å². The van der Waals surface area contributed by atoms with Crippen LogP contribution >= 0.6 is 0 Å². The number of nitrogens with two attached hydrogens (primary N) is 1. The maximum Gasteiger partial charge on any atom is 0.188 e. The normalized spacial score (nSPS) is 11.7. The molecule has 0 saturated heterocycles. The van der Waals surface area contributed by atoms with Crippen molar-refractivity contribution in [3.63, 3.8) is 0 Å². The van der Waals surface area contributed by atoms with E-state index < -0.39 is 0 Å². The Labute approximate surface area is 96.1 Å². The number of aromatic nitrogens is 1. The van der Waals surface area contributed by atoms with Crippen LogP contribution in [0.1, 0.15) is 38.3 Å². The van der Waals surface area contributed by atoms with Gasteiger partial charge in [0.25, 0.3) is 0 Å². The molecule has 90 valence electrons. The van der Waals surface area contributed by atoms with E-state index >= 15 is 0 Å². The monoisotopic (exact) mass is 224 g/mol. The average molecular weight is 224 g/mol. The van der Waals surface area contributed by atoms with Crippen molar-refractivity contribution < 1.29 is 4.52 Å². The molecule has 1 rings (SSSR count). The predicted octanol–water partition coefficient (Wildman–Crippen LogP) is 1.66. The van der Waals surface area contributed by atoms with Gasteiger partial charge in [0, 0.05) is 12.6 Å². The molecule has 0 aliphatic rings. The third-order valence-electron chi connectivity index (χ3n) is 2.24. The molecular formula is C11H20N4O. The lowest BCUT2D eigenvalue weighted by Crippen LogP contribution is -2.32. The number of rotatable bonds is 7. The van der Waals surface area contributed by atoms with Crippen LogP contribution in [0.4, 0.5) is 0 Å². The molecule has 5 nitrogen and oxygen atoms in total. The second-order valence-electron chi connectivity index (χ2n) is 3.68. The number of nitrogens with zero attached hydrogens (tertiary/aromatic N) is 2. The Balaban J connectivity index is 2.09. The Morgan fingerprint density at radius 3 is 3.06 bits per heavy atom. The van der Waals surface area contributed by atoms with E-state index in [4.69, 9.17) is 10.3 Å². The molecule has 0 saturated carbocycles. The largest absolute Gasteiger partial charge is 0.370 e. The number of guanidine groups is 1. The second kappa shape index (κ2) is 7.73. The molecule has 0 radical (unpaired) electrons. The van der Waals surface area contributed by atoms with Gasteiger partial charge in [0.05, 0.1) is 6.54 Å². The second-order valence-corrected chi connectivity index (χ2v) is 3.68. The van der Waals surface area contributed by atoms with Crippen LogP contribution in [0.25, 0.3) is 0 Å². The minimum absolute atomic E-state index is 0.463. The van der Waals surface area contributed by atoms with Crippen molar-refractivity contribution >= 4 is 5.96 Å². The van der Waals surface area contributed by atoms with Gasteiger partial charge in [0.1, 0.15) is 12.0 Å². The summed E-state index contributed by atoms with van der Waals surface area (Å²) in [6.07, 6.45) is 6.42. The molecule has 1 heterocycles. The van der Waals surface area contributed by atoms with Gasteiger partial charge in [-0.1, -0.05) is 31.3 Å². The molecule has 3 N–H and O–H groups in total. The van der Waals surface area contributed by atoms with Gasteiger partial charge in [-0.15, -0.1) is 0 Å². The van der Waals surface area contributed by atoms with Crippen LogP contribution in [0.5, 0.6) is 0 Å². The molecule has 0 atom stereocenters. The van der Waals surface area contributed by atoms with Crippen LogP contribution in [-0.2, 0) is 6.54 Å². The first-order valence-electron chi connectivity index (χ1n) is 5.76. The molecule has 0 aliphatic heterocycles. The smallest absolute Gasteiger partial charge is 0.188 e. The van der Waals surface area contributed by atoms with E-state index in [1.54, 1.807) is 6.07 Å². The molecule has 5 heteroatoms. The van der Waals surface area contributed by atoms with E-state index in [-0.39, 0.29) is 0 Å². The van der Waals surface area contributed by atoms with Crippen LogP contribution in [0.3, 0.4) is 0 Å². The van der Waals surface area contributed by atoms with Crippen LogP contribution < -0.4 is 11.1 Å². The zero-order chi connectivity index (χ0) is 11.6. The summed E-state index contributed by atoms with van der Waals surface area (Å²) in [7, 11) is 0. The van der Waals surface area contributed by atoms with Crippen LogP contribution in [-0.4, -0.2) is 17.7 Å². The molecule has 0 fully saturated rings. The topological polar surface area (TPSA) is 76.4 Å². The number of aliphatic imine (C=N–C) groups is 1. The maximum atomic E-state index is 5.69. The number of hydrogen-bond acceptors (Lipinski definition) is 3. The van der Waals surface area contributed by atoms with E-state index in [0.717, 1.165) is 18.7 Å². The average Bonchev–Trinajstić information content (AvgIpc) is 2.79. The minimum atomic E-state index is 0.463. The van der Waals surface area contributed by atoms with Crippen LogP contribution in [0.15, 0.2) is 21.8 Å². The SMILES string of the molecule is CCCCCCNC(N)=NCc1ccon1. The fourth-order valence-corrected chi connectivity index (χ4v) is 1.31. The van der Waals surface area contributed by atoms with Crippen molar-refractivity contribution in [2.75, 3.05) is 6.54 Å². The molecule has 0 aromatic carbocycles. The Kier molecular flexibility index (Phi) is 6.06. The van der Waals surface area contributed by atoms with Gasteiger partial charge in [-0.2, -0.15) is 0 Å². The molecule has 1 aromatic rings. The highest BCUT2D eigenvalue weighted by atomic mass is 16.5. The minimum Gasteiger partial charge on any atom is -0.370 e. The molecular weight excluding hydrogens is 204 g/mol. The third kappa shape index (κ3) is 5.38. The molecule has 0 unspecified atom stereocenters. The fourth-order valence-electron chi connectivity index (χ4n) is 1.31. The lowest BCUT2D eigenvalue weighted by atomic mass is 10.2. The van der Waals surface area contributed by atoms with E-state index in [0.29, 0.717) is 12.5 Å². The fraction of sp³-hybridized carbons (Fsp3) is 0.636. The van der Waals surface area contributed by atoms with Gasteiger partial charge in [-0.3, -0.25) is 0 Å². The Morgan fingerprint density at radius 2 is 2.38 bits per heavy atom. The molecule has 0 aliphatic carbocycles. The predicted molar refractivity (Wildman–Crippen MR) is 64.0 cm³/mol. The highest BCUT2D eigenvalue weighted by Crippen LogP contribution is 1.97. The van der Waals surface area contributed by atoms with E-state index in [1.807, 2.05) is 0 Å². The first kappa shape index (κ1) is 12.5. The zero-order valence-electron chi connectivity index (χ0n) is 9.78. The maximum absolute atomic E-state index is 5.69. The third-order valence-corrected chi connectivity index (χ3v) is 2.24. The van der Waals surface area contributed by atoms with Crippen LogP contribution in [0.2, 0.25) is 0 Å². The highest BCUT2D eigenvalue weighted by Gasteiger charge is 1.95. The standard InChI is InChI=1S/C11H20N4O/c1-2-3-4-5-7-13-11(12)14-9-10-6-8-16-15-10/h6,8H,2-5,7,9H2,1H3,(H3,12,13,14). The first-order valence-corrected chi connectivity index (χ1v) is 5.76. The summed E-state index contributed by atoms with van der Waals surface area (Å²) in [6, 6.07) is 1.78. The van der Waals surface area contributed by atoms with Crippen molar-refractivity contribution in [1.82, 2.24) is 10.5 Å². The van der Waals surface area contributed by atoms with Gasteiger partial charge >= 0.3 is 0 Å².